The SMILES string of the molecule is COOC(c1ccccc1)(c1ccccc1)c1c(OC)c(OC)c(OC)c(OC)c1OC. The summed E-state index contributed by atoms with van der Waals surface area (Å²) in [5.74, 6) is 1.70. The summed E-state index contributed by atoms with van der Waals surface area (Å²) in [5, 5.41) is 0. The Hall–Kier alpha value is -3.42. The Morgan fingerprint density at radius 1 is 0.469 bits per heavy atom. The zero-order valence-corrected chi connectivity index (χ0v) is 19.1. The van der Waals surface area contributed by atoms with Crippen molar-refractivity contribution in [3.05, 3.63) is 77.4 Å². The van der Waals surface area contributed by atoms with Crippen molar-refractivity contribution in [2.45, 2.75) is 5.60 Å². The van der Waals surface area contributed by atoms with Crippen LogP contribution in [0.15, 0.2) is 60.7 Å². The minimum Gasteiger partial charge on any atom is -0.492 e. The second-order valence-electron chi connectivity index (χ2n) is 6.70. The van der Waals surface area contributed by atoms with Gasteiger partial charge in [0.2, 0.25) is 17.2 Å². The van der Waals surface area contributed by atoms with E-state index in [1.165, 1.54) is 28.4 Å². The first-order valence-corrected chi connectivity index (χ1v) is 9.91. The van der Waals surface area contributed by atoms with Crippen LogP contribution in [-0.2, 0) is 15.4 Å². The van der Waals surface area contributed by atoms with Crippen LogP contribution < -0.4 is 23.7 Å². The van der Waals surface area contributed by atoms with Crippen molar-refractivity contribution in [1.29, 1.82) is 0 Å². The molecule has 0 aromatic heterocycles. The van der Waals surface area contributed by atoms with Crippen molar-refractivity contribution >= 4 is 0 Å². The van der Waals surface area contributed by atoms with Gasteiger partial charge in [0.1, 0.15) is 0 Å². The van der Waals surface area contributed by atoms with Crippen molar-refractivity contribution in [1.82, 2.24) is 0 Å². The summed E-state index contributed by atoms with van der Waals surface area (Å²) < 4.78 is 28.8. The first-order valence-electron chi connectivity index (χ1n) is 9.91. The topological polar surface area (TPSA) is 64.6 Å². The molecule has 0 N–H and O–H groups in total. The maximum absolute atomic E-state index is 6.13. The lowest BCUT2D eigenvalue weighted by Gasteiger charge is -2.36. The van der Waals surface area contributed by atoms with Crippen molar-refractivity contribution in [2.24, 2.45) is 0 Å². The fourth-order valence-corrected chi connectivity index (χ4v) is 3.97. The second kappa shape index (κ2) is 10.3. The third kappa shape index (κ3) is 3.70. The van der Waals surface area contributed by atoms with Gasteiger partial charge in [-0.15, -0.1) is 0 Å². The van der Waals surface area contributed by atoms with Crippen LogP contribution in [0.3, 0.4) is 0 Å². The van der Waals surface area contributed by atoms with Crippen LogP contribution in [0, 0.1) is 0 Å². The summed E-state index contributed by atoms with van der Waals surface area (Å²) in [4.78, 5) is 11.5. The Kier molecular flexibility index (Phi) is 7.45. The third-order valence-electron chi connectivity index (χ3n) is 5.22. The van der Waals surface area contributed by atoms with Crippen LogP contribution in [-0.4, -0.2) is 42.7 Å². The molecule has 7 nitrogen and oxygen atoms in total. The van der Waals surface area contributed by atoms with Gasteiger partial charge < -0.3 is 23.7 Å². The molecule has 0 amide bonds. The first-order chi connectivity index (χ1) is 15.6. The number of methoxy groups -OCH3 is 5. The van der Waals surface area contributed by atoms with E-state index in [4.69, 9.17) is 33.5 Å². The van der Waals surface area contributed by atoms with E-state index in [0.717, 1.165) is 11.1 Å². The normalized spacial score (nSPS) is 11.1. The monoisotopic (exact) mass is 440 g/mol. The van der Waals surface area contributed by atoms with Gasteiger partial charge in [0.25, 0.3) is 0 Å². The molecule has 0 heterocycles. The van der Waals surface area contributed by atoms with Crippen LogP contribution >= 0.6 is 0 Å². The molecule has 0 aliphatic heterocycles. The van der Waals surface area contributed by atoms with Gasteiger partial charge in [-0.25, -0.2) is 9.78 Å². The molecular weight excluding hydrogens is 412 g/mol. The van der Waals surface area contributed by atoms with Crippen molar-refractivity contribution in [2.75, 3.05) is 42.7 Å². The average molecular weight is 440 g/mol. The van der Waals surface area contributed by atoms with Gasteiger partial charge in [0, 0.05) is 0 Å². The Morgan fingerprint density at radius 3 is 1.12 bits per heavy atom. The Labute approximate surface area is 188 Å². The minimum atomic E-state index is -1.30. The van der Waals surface area contributed by atoms with E-state index in [1.54, 1.807) is 14.2 Å². The molecule has 0 saturated carbocycles. The first kappa shape index (κ1) is 23.2. The molecule has 32 heavy (non-hydrogen) atoms. The number of hydrogen-bond acceptors (Lipinski definition) is 7. The fourth-order valence-electron chi connectivity index (χ4n) is 3.97. The van der Waals surface area contributed by atoms with Gasteiger partial charge >= 0.3 is 0 Å². The van der Waals surface area contributed by atoms with Crippen LogP contribution in [0.5, 0.6) is 28.7 Å². The predicted octanol–water partition coefficient (Wildman–Crippen LogP) is 4.60. The highest BCUT2D eigenvalue weighted by Crippen LogP contribution is 2.59. The van der Waals surface area contributed by atoms with E-state index in [-0.39, 0.29) is 0 Å². The van der Waals surface area contributed by atoms with Crippen LogP contribution in [0.25, 0.3) is 0 Å². The van der Waals surface area contributed by atoms with Crippen LogP contribution in [0.4, 0.5) is 0 Å². The van der Waals surface area contributed by atoms with Gasteiger partial charge in [0.05, 0.1) is 48.2 Å². The van der Waals surface area contributed by atoms with Gasteiger partial charge in [-0.1, -0.05) is 60.7 Å². The lowest BCUT2D eigenvalue weighted by Crippen LogP contribution is -2.34. The largest absolute Gasteiger partial charge is 0.492 e. The Morgan fingerprint density at radius 2 is 0.812 bits per heavy atom. The third-order valence-corrected chi connectivity index (χ3v) is 5.22. The quantitative estimate of drug-likeness (QED) is 0.259. The van der Waals surface area contributed by atoms with Gasteiger partial charge in [0.15, 0.2) is 17.1 Å². The van der Waals surface area contributed by atoms with Crippen LogP contribution in [0.1, 0.15) is 16.7 Å². The molecule has 0 spiro atoms. The zero-order chi connectivity index (χ0) is 23.1. The van der Waals surface area contributed by atoms with Gasteiger partial charge in [-0.3, -0.25) is 0 Å². The molecule has 0 aliphatic carbocycles. The Balaban J connectivity index is 2.61. The van der Waals surface area contributed by atoms with Gasteiger partial charge in [-0.05, 0) is 11.1 Å². The molecule has 170 valence electrons. The molecule has 3 aromatic carbocycles. The molecule has 3 aromatic rings. The fraction of sp³-hybridized carbons (Fsp3) is 0.280. The second-order valence-corrected chi connectivity index (χ2v) is 6.70. The maximum atomic E-state index is 6.13. The van der Waals surface area contributed by atoms with E-state index >= 15 is 0 Å². The highest BCUT2D eigenvalue weighted by atomic mass is 17.2. The molecule has 0 atom stereocenters. The highest BCUT2D eigenvalue weighted by molar-refractivity contribution is 5.74. The van der Waals surface area contributed by atoms with E-state index < -0.39 is 5.60 Å². The lowest BCUT2D eigenvalue weighted by atomic mass is 9.79. The molecule has 0 unspecified atom stereocenters. The standard InChI is InChI=1S/C25H28O7/c1-26-20-19(21(27-2)23(29-4)24(30-5)22(20)28-3)25(32-31-6,17-13-9-7-10-14-17)18-15-11-8-12-16-18/h7-16H,1-6H3. The molecule has 0 radical (unpaired) electrons. The number of ether oxygens (including phenoxy) is 5. The summed E-state index contributed by atoms with van der Waals surface area (Å²) in [6.07, 6.45) is 0. The highest BCUT2D eigenvalue weighted by Gasteiger charge is 2.47. The number of rotatable bonds is 10. The smallest absolute Gasteiger partial charge is 0.211 e. The average Bonchev–Trinajstić information content (AvgIpc) is 2.86. The summed E-state index contributed by atoms with van der Waals surface area (Å²) >= 11 is 0. The van der Waals surface area contributed by atoms with E-state index in [9.17, 15) is 0 Å². The minimum absolute atomic E-state index is 0.332. The van der Waals surface area contributed by atoms with Crippen LogP contribution in [0.2, 0.25) is 0 Å². The molecular formula is C25H28O7. The Bertz CT molecular complexity index is 947. The van der Waals surface area contributed by atoms with Crippen molar-refractivity contribution < 1.29 is 33.5 Å². The summed E-state index contributed by atoms with van der Waals surface area (Å²) in [6, 6.07) is 19.3. The zero-order valence-electron chi connectivity index (χ0n) is 19.1. The molecule has 7 heteroatoms. The molecule has 0 bridgehead atoms. The molecule has 0 fully saturated rings. The number of hydrogen-bond donors (Lipinski definition) is 0. The summed E-state index contributed by atoms with van der Waals surface area (Å²) in [7, 11) is 9.12. The van der Waals surface area contributed by atoms with Crippen molar-refractivity contribution in [3.63, 3.8) is 0 Å². The number of benzene rings is 3. The molecule has 0 saturated heterocycles. The van der Waals surface area contributed by atoms with Crippen molar-refractivity contribution in [3.8, 4) is 28.7 Å². The van der Waals surface area contributed by atoms with Gasteiger partial charge in [-0.2, -0.15) is 0 Å². The molecule has 3 rings (SSSR count). The lowest BCUT2D eigenvalue weighted by molar-refractivity contribution is -0.326. The maximum Gasteiger partial charge on any atom is 0.211 e. The van der Waals surface area contributed by atoms with E-state index in [2.05, 4.69) is 0 Å². The predicted molar refractivity (Wildman–Crippen MR) is 120 cm³/mol. The molecule has 0 aliphatic rings. The van der Waals surface area contributed by atoms with E-state index in [0.29, 0.717) is 34.3 Å². The summed E-state index contributed by atoms with van der Waals surface area (Å²) in [6.45, 7) is 0. The summed E-state index contributed by atoms with van der Waals surface area (Å²) in [5.41, 5.74) is 0.745. The van der Waals surface area contributed by atoms with E-state index in [1.807, 2.05) is 60.7 Å².